The predicted molar refractivity (Wildman–Crippen MR) is 57.8 cm³/mol. The minimum Gasteiger partial charge on any atom is -0.356 e. The SMILES string of the molecule is CCCN(CC)c1ncccc1C=O. The smallest absolute Gasteiger partial charge is 0.153 e. The summed E-state index contributed by atoms with van der Waals surface area (Å²) in [6, 6.07) is 3.58. The summed E-state index contributed by atoms with van der Waals surface area (Å²) in [5.41, 5.74) is 0.669. The first-order valence-electron chi connectivity index (χ1n) is 4.98. The zero-order valence-electron chi connectivity index (χ0n) is 8.73. The first-order chi connectivity index (χ1) is 6.83. The van der Waals surface area contributed by atoms with Crippen LogP contribution in [0.2, 0.25) is 0 Å². The van der Waals surface area contributed by atoms with Crippen LogP contribution in [0.1, 0.15) is 30.6 Å². The molecule has 0 amide bonds. The van der Waals surface area contributed by atoms with E-state index in [1.54, 1.807) is 18.3 Å². The van der Waals surface area contributed by atoms with Crippen molar-refractivity contribution in [3.05, 3.63) is 23.9 Å². The van der Waals surface area contributed by atoms with Crippen molar-refractivity contribution in [3.8, 4) is 0 Å². The van der Waals surface area contributed by atoms with Crippen LogP contribution in [0.4, 0.5) is 5.82 Å². The van der Waals surface area contributed by atoms with Gasteiger partial charge < -0.3 is 4.90 Å². The Bertz CT molecular complexity index is 299. The van der Waals surface area contributed by atoms with Gasteiger partial charge in [0, 0.05) is 19.3 Å². The molecule has 0 unspecified atom stereocenters. The van der Waals surface area contributed by atoms with Crippen LogP contribution in [-0.2, 0) is 0 Å². The maximum Gasteiger partial charge on any atom is 0.153 e. The third-order valence-electron chi connectivity index (χ3n) is 2.12. The second kappa shape index (κ2) is 5.37. The van der Waals surface area contributed by atoms with Crippen molar-refractivity contribution in [3.63, 3.8) is 0 Å². The number of hydrogen-bond donors (Lipinski definition) is 0. The van der Waals surface area contributed by atoms with E-state index in [0.29, 0.717) is 5.56 Å². The molecule has 0 spiro atoms. The van der Waals surface area contributed by atoms with Gasteiger partial charge in [-0.2, -0.15) is 0 Å². The molecule has 0 saturated carbocycles. The van der Waals surface area contributed by atoms with Crippen LogP contribution in [0.3, 0.4) is 0 Å². The van der Waals surface area contributed by atoms with E-state index in [4.69, 9.17) is 0 Å². The molecule has 0 aromatic carbocycles. The Kier molecular flexibility index (Phi) is 4.11. The molecule has 1 rings (SSSR count). The molecule has 3 heteroatoms. The molecule has 0 radical (unpaired) electrons. The zero-order chi connectivity index (χ0) is 10.4. The van der Waals surface area contributed by atoms with Crippen LogP contribution in [0.25, 0.3) is 0 Å². The van der Waals surface area contributed by atoms with Crippen LogP contribution in [-0.4, -0.2) is 24.4 Å². The van der Waals surface area contributed by atoms with E-state index in [0.717, 1.165) is 31.6 Å². The van der Waals surface area contributed by atoms with Crippen LogP contribution in [0, 0.1) is 0 Å². The first-order valence-corrected chi connectivity index (χ1v) is 4.98. The number of anilines is 1. The van der Waals surface area contributed by atoms with Gasteiger partial charge in [-0.3, -0.25) is 4.79 Å². The highest BCUT2D eigenvalue weighted by Crippen LogP contribution is 2.14. The Balaban J connectivity index is 2.95. The Labute approximate surface area is 84.8 Å². The molecule has 0 aliphatic rings. The quantitative estimate of drug-likeness (QED) is 0.670. The molecule has 3 nitrogen and oxygen atoms in total. The second-order valence-electron chi connectivity index (χ2n) is 3.11. The van der Waals surface area contributed by atoms with Crippen molar-refractivity contribution < 1.29 is 4.79 Å². The largest absolute Gasteiger partial charge is 0.356 e. The minimum absolute atomic E-state index is 0.669. The third-order valence-corrected chi connectivity index (χ3v) is 2.12. The van der Waals surface area contributed by atoms with E-state index in [1.807, 2.05) is 0 Å². The summed E-state index contributed by atoms with van der Waals surface area (Å²) in [6.07, 6.45) is 3.64. The molecule has 0 bridgehead atoms. The molecule has 0 aliphatic carbocycles. The number of pyridine rings is 1. The topological polar surface area (TPSA) is 33.2 Å². The lowest BCUT2D eigenvalue weighted by Crippen LogP contribution is -2.25. The fourth-order valence-electron chi connectivity index (χ4n) is 1.45. The van der Waals surface area contributed by atoms with Gasteiger partial charge in [0.1, 0.15) is 5.82 Å². The van der Waals surface area contributed by atoms with Crippen LogP contribution >= 0.6 is 0 Å². The summed E-state index contributed by atoms with van der Waals surface area (Å²) >= 11 is 0. The molecule has 0 atom stereocenters. The van der Waals surface area contributed by atoms with Gasteiger partial charge >= 0.3 is 0 Å². The molecule has 76 valence electrons. The van der Waals surface area contributed by atoms with Crippen molar-refractivity contribution in [1.82, 2.24) is 4.98 Å². The summed E-state index contributed by atoms with van der Waals surface area (Å²) in [5.74, 6) is 0.798. The van der Waals surface area contributed by atoms with Gasteiger partial charge in [-0.05, 0) is 25.5 Å². The van der Waals surface area contributed by atoms with Crippen molar-refractivity contribution in [1.29, 1.82) is 0 Å². The molecule has 0 N–H and O–H groups in total. The molecule has 1 heterocycles. The molecular weight excluding hydrogens is 176 g/mol. The van der Waals surface area contributed by atoms with Crippen molar-refractivity contribution in [2.45, 2.75) is 20.3 Å². The van der Waals surface area contributed by atoms with E-state index in [2.05, 4.69) is 23.7 Å². The minimum atomic E-state index is 0.669. The lowest BCUT2D eigenvalue weighted by atomic mass is 10.2. The number of carbonyl (C=O) groups is 1. The van der Waals surface area contributed by atoms with E-state index in [9.17, 15) is 4.79 Å². The summed E-state index contributed by atoms with van der Waals surface area (Å²) in [6.45, 7) is 6.01. The fraction of sp³-hybridized carbons (Fsp3) is 0.455. The van der Waals surface area contributed by atoms with Gasteiger partial charge in [0.15, 0.2) is 6.29 Å². The lowest BCUT2D eigenvalue weighted by Gasteiger charge is -2.22. The molecule has 0 saturated heterocycles. The van der Waals surface area contributed by atoms with Gasteiger partial charge in [-0.25, -0.2) is 4.98 Å². The maximum atomic E-state index is 10.8. The summed E-state index contributed by atoms with van der Waals surface area (Å²) in [4.78, 5) is 17.1. The number of hydrogen-bond acceptors (Lipinski definition) is 3. The zero-order valence-corrected chi connectivity index (χ0v) is 8.73. The van der Waals surface area contributed by atoms with E-state index < -0.39 is 0 Å². The average Bonchev–Trinajstić information content (AvgIpc) is 2.26. The highest BCUT2D eigenvalue weighted by atomic mass is 16.1. The van der Waals surface area contributed by atoms with Gasteiger partial charge in [0.25, 0.3) is 0 Å². The monoisotopic (exact) mass is 192 g/mol. The molecule has 14 heavy (non-hydrogen) atoms. The Hall–Kier alpha value is -1.38. The standard InChI is InChI=1S/C11H16N2O/c1-3-8-13(4-2)11-10(9-14)6-5-7-12-11/h5-7,9H,3-4,8H2,1-2H3. The number of aldehydes is 1. The number of rotatable bonds is 5. The van der Waals surface area contributed by atoms with Gasteiger partial charge in [0.2, 0.25) is 0 Å². The van der Waals surface area contributed by atoms with Crippen molar-refractivity contribution in [2.75, 3.05) is 18.0 Å². The van der Waals surface area contributed by atoms with Gasteiger partial charge in [-0.1, -0.05) is 6.92 Å². The van der Waals surface area contributed by atoms with E-state index in [-0.39, 0.29) is 0 Å². The van der Waals surface area contributed by atoms with Gasteiger partial charge in [0.05, 0.1) is 5.56 Å². The molecule has 0 fully saturated rings. The fourth-order valence-corrected chi connectivity index (χ4v) is 1.45. The summed E-state index contributed by atoms with van der Waals surface area (Å²) in [5, 5.41) is 0. The van der Waals surface area contributed by atoms with Crippen molar-refractivity contribution >= 4 is 12.1 Å². The molecule has 1 aromatic rings. The summed E-state index contributed by atoms with van der Waals surface area (Å²) in [7, 11) is 0. The highest BCUT2D eigenvalue weighted by Gasteiger charge is 2.08. The van der Waals surface area contributed by atoms with E-state index in [1.165, 1.54) is 0 Å². The Morgan fingerprint density at radius 1 is 1.50 bits per heavy atom. The third kappa shape index (κ3) is 2.31. The molecular formula is C11H16N2O. The molecule has 0 aliphatic heterocycles. The highest BCUT2D eigenvalue weighted by molar-refractivity contribution is 5.82. The number of carbonyl (C=O) groups excluding carboxylic acids is 1. The first kappa shape index (κ1) is 10.7. The number of nitrogens with zero attached hydrogens (tertiary/aromatic N) is 2. The van der Waals surface area contributed by atoms with Crippen LogP contribution in [0.5, 0.6) is 0 Å². The lowest BCUT2D eigenvalue weighted by molar-refractivity contribution is 0.112. The Morgan fingerprint density at radius 2 is 2.29 bits per heavy atom. The van der Waals surface area contributed by atoms with Crippen LogP contribution in [0.15, 0.2) is 18.3 Å². The number of aromatic nitrogens is 1. The second-order valence-corrected chi connectivity index (χ2v) is 3.11. The maximum absolute atomic E-state index is 10.8. The average molecular weight is 192 g/mol. The van der Waals surface area contributed by atoms with E-state index >= 15 is 0 Å². The van der Waals surface area contributed by atoms with Crippen LogP contribution < -0.4 is 4.90 Å². The summed E-state index contributed by atoms with van der Waals surface area (Å²) < 4.78 is 0. The Morgan fingerprint density at radius 3 is 2.86 bits per heavy atom. The normalized spacial score (nSPS) is 9.86. The predicted octanol–water partition coefficient (Wildman–Crippen LogP) is 2.13. The molecule has 1 aromatic heterocycles. The van der Waals surface area contributed by atoms with Gasteiger partial charge in [-0.15, -0.1) is 0 Å². The van der Waals surface area contributed by atoms with Crippen molar-refractivity contribution in [2.24, 2.45) is 0 Å².